The van der Waals surface area contributed by atoms with Crippen molar-refractivity contribution in [2.24, 2.45) is 0 Å². The first kappa shape index (κ1) is 28.6. The summed E-state index contributed by atoms with van der Waals surface area (Å²) in [7, 11) is 1.44. The minimum absolute atomic E-state index is 0.169. The molecule has 0 radical (unpaired) electrons. The van der Waals surface area contributed by atoms with Crippen molar-refractivity contribution in [3.63, 3.8) is 0 Å². The van der Waals surface area contributed by atoms with Gasteiger partial charge in [0.2, 0.25) is 0 Å². The molecule has 1 N–H and O–H groups in total. The molecule has 1 saturated heterocycles. The number of aromatic nitrogens is 1. The van der Waals surface area contributed by atoms with Gasteiger partial charge in [0, 0.05) is 60.0 Å². The summed E-state index contributed by atoms with van der Waals surface area (Å²) >= 11 is 1.25. The number of fused-ring (bicyclic) bond motifs is 1. The number of rotatable bonds is 7. The van der Waals surface area contributed by atoms with Crippen LogP contribution in [0, 0.1) is 17.7 Å². The van der Waals surface area contributed by atoms with Crippen molar-refractivity contribution in [3.8, 4) is 17.6 Å². The molecule has 1 aromatic heterocycles. The summed E-state index contributed by atoms with van der Waals surface area (Å²) in [6.07, 6.45) is 1.57. The molecule has 1 atom stereocenters. The van der Waals surface area contributed by atoms with Crippen LogP contribution in [-0.4, -0.2) is 60.0 Å². The molecule has 1 fully saturated rings. The molecule has 6 rings (SSSR count). The van der Waals surface area contributed by atoms with Gasteiger partial charge < -0.3 is 14.4 Å². The van der Waals surface area contributed by atoms with E-state index >= 15 is 0 Å². The van der Waals surface area contributed by atoms with Crippen LogP contribution < -0.4 is 10.1 Å². The van der Waals surface area contributed by atoms with Crippen LogP contribution in [0.2, 0.25) is 0 Å². The van der Waals surface area contributed by atoms with E-state index in [1.54, 1.807) is 17.6 Å². The summed E-state index contributed by atoms with van der Waals surface area (Å²) in [5, 5.41) is 4.86. The molecule has 10 heteroatoms. The van der Waals surface area contributed by atoms with Gasteiger partial charge >= 0.3 is 0 Å². The van der Waals surface area contributed by atoms with Crippen molar-refractivity contribution in [2.75, 3.05) is 38.7 Å². The first-order valence-corrected chi connectivity index (χ1v) is 14.8. The fourth-order valence-corrected chi connectivity index (χ4v) is 5.83. The lowest BCUT2D eigenvalue weighted by molar-refractivity contribution is -0.120. The van der Waals surface area contributed by atoms with Crippen LogP contribution in [0.25, 0.3) is 0 Å². The molecule has 3 aromatic carbocycles. The number of benzene rings is 3. The van der Waals surface area contributed by atoms with Gasteiger partial charge in [-0.3, -0.25) is 19.8 Å². The Morgan fingerprint density at radius 3 is 2.60 bits per heavy atom. The van der Waals surface area contributed by atoms with Crippen LogP contribution >= 0.6 is 11.3 Å². The molecule has 0 spiro atoms. The fraction of sp³-hybridized carbons (Fsp3) is 0.242. The molecule has 8 nitrogen and oxygen atoms in total. The van der Waals surface area contributed by atoms with Crippen molar-refractivity contribution in [2.45, 2.75) is 19.1 Å². The summed E-state index contributed by atoms with van der Waals surface area (Å²) in [6.45, 7) is 4.45. The van der Waals surface area contributed by atoms with Gasteiger partial charge in [-0.2, -0.15) is 0 Å². The third-order valence-electron chi connectivity index (χ3n) is 7.47. The number of hydrogen-bond donors (Lipinski definition) is 1. The lowest BCUT2D eigenvalue weighted by Gasteiger charge is -2.28. The molecule has 2 aliphatic rings. The number of thiazole rings is 1. The molecule has 0 bridgehead atoms. The zero-order chi connectivity index (χ0) is 29.8. The normalized spacial score (nSPS) is 15.4. The van der Waals surface area contributed by atoms with Crippen molar-refractivity contribution in [3.05, 3.63) is 111 Å². The molecule has 3 heterocycles. The Hall–Kier alpha value is -4.56. The summed E-state index contributed by atoms with van der Waals surface area (Å²) in [5.74, 6) is 5.24. The molecule has 0 aliphatic carbocycles. The highest BCUT2D eigenvalue weighted by Crippen LogP contribution is 2.37. The number of nitrogens with zero attached hydrogens (tertiary/aromatic N) is 3. The van der Waals surface area contributed by atoms with Crippen molar-refractivity contribution in [1.29, 1.82) is 0 Å². The van der Waals surface area contributed by atoms with Gasteiger partial charge in [0.15, 0.2) is 5.13 Å². The highest BCUT2D eigenvalue weighted by atomic mass is 32.1. The zero-order valence-electron chi connectivity index (χ0n) is 23.5. The molecule has 2 amide bonds. The minimum Gasteiger partial charge on any atom is -0.496 e. The maximum atomic E-state index is 14.4. The first-order chi connectivity index (χ1) is 21.0. The van der Waals surface area contributed by atoms with Crippen molar-refractivity contribution >= 4 is 28.3 Å². The Kier molecular flexibility index (Phi) is 8.47. The molecule has 2 aliphatic heterocycles. The van der Waals surface area contributed by atoms with Gasteiger partial charge in [-0.25, -0.2) is 9.37 Å². The SMILES string of the molecule is COc1ccc(F)cc1[C@H](C(=O)Nc1nccs1)N1Cc2ccc(C#Cc3ccc(CN4CCOCC4)cc3)cc2C1=O. The molecular weight excluding hydrogens is 567 g/mol. The Balaban J connectivity index is 1.23. The van der Waals surface area contributed by atoms with Crippen LogP contribution in [0.5, 0.6) is 5.75 Å². The highest BCUT2D eigenvalue weighted by Gasteiger charge is 2.39. The van der Waals surface area contributed by atoms with Crippen LogP contribution in [0.3, 0.4) is 0 Å². The summed E-state index contributed by atoms with van der Waals surface area (Å²) < 4.78 is 25.3. The van der Waals surface area contributed by atoms with E-state index in [0.29, 0.717) is 22.0 Å². The van der Waals surface area contributed by atoms with E-state index in [9.17, 15) is 14.0 Å². The maximum absolute atomic E-state index is 14.4. The van der Waals surface area contributed by atoms with Crippen molar-refractivity contribution < 1.29 is 23.5 Å². The highest BCUT2D eigenvalue weighted by molar-refractivity contribution is 7.13. The first-order valence-electron chi connectivity index (χ1n) is 13.9. The third kappa shape index (κ3) is 6.44. The largest absolute Gasteiger partial charge is 0.496 e. The van der Waals surface area contributed by atoms with Crippen LogP contribution in [0.1, 0.15) is 44.2 Å². The monoisotopic (exact) mass is 596 g/mol. The number of carbonyl (C=O) groups is 2. The van der Waals surface area contributed by atoms with Crippen LogP contribution in [0.4, 0.5) is 9.52 Å². The van der Waals surface area contributed by atoms with Crippen molar-refractivity contribution in [1.82, 2.24) is 14.8 Å². The number of carbonyl (C=O) groups excluding carboxylic acids is 2. The van der Waals surface area contributed by atoms with Gasteiger partial charge in [0.25, 0.3) is 11.8 Å². The van der Waals surface area contributed by atoms with E-state index in [1.807, 2.05) is 24.3 Å². The van der Waals surface area contributed by atoms with Gasteiger partial charge in [-0.15, -0.1) is 11.3 Å². The Morgan fingerprint density at radius 2 is 1.86 bits per heavy atom. The molecule has 0 unspecified atom stereocenters. The smallest absolute Gasteiger partial charge is 0.255 e. The summed E-state index contributed by atoms with van der Waals surface area (Å²) in [6, 6.07) is 16.4. The number of methoxy groups -OCH3 is 1. The number of hydrogen-bond acceptors (Lipinski definition) is 7. The van der Waals surface area contributed by atoms with E-state index in [2.05, 4.69) is 39.2 Å². The maximum Gasteiger partial charge on any atom is 0.255 e. The number of halogens is 1. The van der Waals surface area contributed by atoms with E-state index < -0.39 is 17.8 Å². The number of ether oxygens (including phenoxy) is 2. The Labute approximate surface area is 253 Å². The molecular formula is C33H29FN4O4S. The number of morpholine rings is 1. The molecule has 4 aromatic rings. The summed E-state index contributed by atoms with van der Waals surface area (Å²) in [4.78, 5) is 35.3. The summed E-state index contributed by atoms with van der Waals surface area (Å²) in [5.41, 5.74) is 4.23. The topological polar surface area (TPSA) is 84.0 Å². The Bertz CT molecular complexity index is 1690. The van der Waals surface area contributed by atoms with E-state index in [4.69, 9.17) is 9.47 Å². The average Bonchev–Trinajstić information content (AvgIpc) is 3.65. The van der Waals surface area contributed by atoms with Gasteiger partial charge in [-0.1, -0.05) is 30.0 Å². The number of amides is 2. The minimum atomic E-state index is -1.15. The predicted octanol–water partition coefficient (Wildman–Crippen LogP) is 4.86. The second-order valence-electron chi connectivity index (χ2n) is 10.3. The molecule has 0 saturated carbocycles. The predicted molar refractivity (Wildman–Crippen MR) is 161 cm³/mol. The van der Waals surface area contributed by atoms with Crippen LogP contribution in [-0.2, 0) is 22.6 Å². The number of anilines is 1. The second kappa shape index (κ2) is 12.8. The second-order valence-corrected chi connectivity index (χ2v) is 11.2. The third-order valence-corrected chi connectivity index (χ3v) is 8.15. The standard InChI is InChI=1S/C33H29FN4O4S/c1-41-29-11-10-26(34)19-28(29)30(31(39)36-33-35-12-17-43-33)38-21-25-9-8-23(18-27(25)32(38)40)5-2-22-3-6-24(7-4-22)20-37-13-15-42-16-14-37/h3-4,6-12,17-19,30H,13-16,20-21H2,1H3,(H,35,36,39)/t30-/m1/s1. The Morgan fingerprint density at radius 1 is 1.09 bits per heavy atom. The van der Waals surface area contributed by atoms with Gasteiger partial charge in [-0.05, 0) is 53.6 Å². The number of nitrogens with one attached hydrogen (secondary N) is 1. The van der Waals surface area contributed by atoms with E-state index in [0.717, 1.165) is 44.0 Å². The van der Waals surface area contributed by atoms with Gasteiger partial charge in [0.05, 0.1) is 20.3 Å². The zero-order valence-corrected chi connectivity index (χ0v) is 24.3. The fourth-order valence-electron chi connectivity index (χ4n) is 5.29. The van der Waals surface area contributed by atoms with Gasteiger partial charge in [0.1, 0.15) is 17.6 Å². The van der Waals surface area contributed by atoms with E-state index in [-0.39, 0.29) is 18.0 Å². The van der Waals surface area contributed by atoms with Crippen LogP contribution in [0.15, 0.2) is 72.2 Å². The average molecular weight is 597 g/mol. The molecule has 218 valence electrons. The quantitative estimate of drug-likeness (QED) is 0.307. The molecule has 43 heavy (non-hydrogen) atoms. The van der Waals surface area contributed by atoms with E-state index in [1.165, 1.54) is 47.1 Å². The lowest BCUT2D eigenvalue weighted by atomic mass is 10.0. The lowest BCUT2D eigenvalue weighted by Crippen LogP contribution is -2.37.